The minimum Gasteiger partial charge on any atom is -0.381 e. The van der Waals surface area contributed by atoms with Gasteiger partial charge in [-0.2, -0.15) is 0 Å². The van der Waals surface area contributed by atoms with Crippen LogP contribution in [0, 0.1) is 11.7 Å². The van der Waals surface area contributed by atoms with Gasteiger partial charge in [0, 0.05) is 19.1 Å². The Morgan fingerprint density at radius 2 is 1.80 bits per heavy atom. The molecule has 0 unspecified atom stereocenters. The van der Waals surface area contributed by atoms with E-state index in [4.69, 9.17) is 4.74 Å². The molecule has 0 bridgehead atoms. The first-order chi connectivity index (χ1) is 9.65. The van der Waals surface area contributed by atoms with Gasteiger partial charge in [0.1, 0.15) is 5.82 Å². The second-order valence-electron chi connectivity index (χ2n) is 4.73. The first-order valence-electron chi connectivity index (χ1n) is 6.56. The van der Waals surface area contributed by atoms with Gasteiger partial charge in [0.15, 0.2) is 0 Å². The minimum atomic E-state index is -0.345. The molecule has 0 spiro atoms. The monoisotopic (exact) mass is 280 g/mol. The molecule has 0 saturated carbocycles. The Morgan fingerprint density at radius 3 is 2.45 bits per heavy atom. The van der Waals surface area contributed by atoms with Gasteiger partial charge < -0.3 is 4.74 Å². The van der Waals surface area contributed by atoms with E-state index >= 15 is 0 Å². The van der Waals surface area contributed by atoms with E-state index < -0.39 is 0 Å². The maximum Gasteiger partial charge on any atom is 0.242 e. The van der Waals surface area contributed by atoms with E-state index in [2.05, 4.69) is 10.9 Å². The van der Waals surface area contributed by atoms with Crippen LogP contribution >= 0.6 is 0 Å². The highest BCUT2D eigenvalue weighted by atomic mass is 19.1. The summed E-state index contributed by atoms with van der Waals surface area (Å²) in [4.78, 5) is 23.4. The average molecular weight is 280 g/mol. The Kier molecular flexibility index (Phi) is 5.06. The van der Waals surface area contributed by atoms with Crippen molar-refractivity contribution in [1.29, 1.82) is 0 Å². The maximum atomic E-state index is 12.7. The average Bonchev–Trinajstić information content (AvgIpc) is 2.48. The van der Waals surface area contributed by atoms with Gasteiger partial charge in [0.25, 0.3) is 0 Å². The van der Waals surface area contributed by atoms with Crippen LogP contribution in [0.2, 0.25) is 0 Å². The van der Waals surface area contributed by atoms with E-state index in [1.807, 2.05) is 0 Å². The molecule has 1 saturated heterocycles. The van der Waals surface area contributed by atoms with Crippen molar-refractivity contribution in [2.75, 3.05) is 13.2 Å². The van der Waals surface area contributed by atoms with Gasteiger partial charge in [0.2, 0.25) is 11.8 Å². The maximum absolute atomic E-state index is 12.7. The molecule has 20 heavy (non-hydrogen) atoms. The molecule has 5 nitrogen and oxygen atoms in total. The number of carbonyl (C=O) groups is 2. The van der Waals surface area contributed by atoms with Gasteiger partial charge in [-0.25, -0.2) is 4.39 Å². The van der Waals surface area contributed by atoms with Crippen LogP contribution in [0.4, 0.5) is 4.39 Å². The number of rotatable bonds is 3. The molecule has 0 radical (unpaired) electrons. The number of benzene rings is 1. The summed E-state index contributed by atoms with van der Waals surface area (Å²) in [7, 11) is 0. The van der Waals surface area contributed by atoms with Crippen molar-refractivity contribution in [3.63, 3.8) is 0 Å². The number of hydrogen-bond acceptors (Lipinski definition) is 3. The van der Waals surface area contributed by atoms with Crippen molar-refractivity contribution < 1.29 is 18.7 Å². The zero-order valence-corrected chi connectivity index (χ0v) is 11.0. The van der Waals surface area contributed by atoms with E-state index in [9.17, 15) is 14.0 Å². The molecule has 108 valence electrons. The molecule has 0 atom stereocenters. The number of halogens is 1. The van der Waals surface area contributed by atoms with Crippen LogP contribution in [-0.2, 0) is 20.7 Å². The smallest absolute Gasteiger partial charge is 0.242 e. The normalized spacial score (nSPS) is 15.7. The first-order valence-corrected chi connectivity index (χ1v) is 6.56. The summed E-state index contributed by atoms with van der Waals surface area (Å²) >= 11 is 0. The third-order valence-corrected chi connectivity index (χ3v) is 3.20. The summed E-state index contributed by atoms with van der Waals surface area (Å²) in [5.41, 5.74) is 5.47. The lowest BCUT2D eigenvalue weighted by molar-refractivity contribution is -0.133. The van der Waals surface area contributed by atoms with E-state index in [-0.39, 0.29) is 30.0 Å². The fraction of sp³-hybridized carbons (Fsp3) is 0.429. The second-order valence-corrected chi connectivity index (χ2v) is 4.73. The molecule has 1 aliphatic rings. The Morgan fingerprint density at radius 1 is 1.15 bits per heavy atom. The highest BCUT2D eigenvalue weighted by molar-refractivity contribution is 5.84. The van der Waals surface area contributed by atoms with Crippen LogP contribution < -0.4 is 10.9 Å². The SMILES string of the molecule is O=C(Cc1ccc(F)cc1)NNC(=O)C1CCOCC1. The zero-order chi connectivity index (χ0) is 14.4. The topological polar surface area (TPSA) is 67.4 Å². The van der Waals surface area contributed by atoms with Gasteiger partial charge in [-0.3, -0.25) is 20.4 Å². The number of amides is 2. The predicted molar refractivity (Wildman–Crippen MR) is 69.9 cm³/mol. The molecule has 2 rings (SSSR count). The molecule has 2 amide bonds. The Balaban J connectivity index is 1.74. The fourth-order valence-corrected chi connectivity index (χ4v) is 2.02. The van der Waals surface area contributed by atoms with Crippen LogP contribution in [0.3, 0.4) is 0 Å². The number of ether oxygens (including phenoxy) is 1. The molecule has 1 fully saturated rings. The molecule has 1 heterocycles. The molecule has 2 N–H and O–H groups in total. The van der Waals surface area contributed by atoms with Crippen LogP contribution in [-0.4, -0.2) is 25.0 Å². The van der Waals surface area contributed by atoms with Crippen molar-refractivity contribution in [1.82, 2.24) is 10.9 Å². The summed E-state index contributed by atoms with van der Waals surface area (Å²) in [6.07, 6.45) is 1.42. The third kappa shape index (κ3) is 4.31. The quantitative estimate of drug-likeness (QED) is 0.810. The van der Waals surface area contributed by atoms with Crippen molar-refractivity contribution >= 4 is 11.8 Å². The lowest BCUT2D eigenvalue weighted by atomic mass is 10.00. The highest BCUT2D eigenvalue weighted by Gasteiger charge is 2.21. The van der Waals surface area contributed by atoms with Crippen molar-refractivity contribution in [3.8, 4) is 0 Å². The van der Waals surface area contributed by atoms with E-state index in [1.54, 1.807) is 0 Å². The summed E-state index contributed by atoms with van der Waals surface area (Å²) in [6.45, 7) is 1.14. The Labute approximate surface area is 116 Å². The predicted octanol–water partition coefficient (Wildman–Crippen LogP) is 0.942. The number of hydrogen-bond donors (Lipinski definition) is 2. The largest absolute Gasteiger partial charge is 0.381 e. The van der Waals surface area contributed by atoms with Gasteiger partial charge in [-0.05, 0) is 30.5 Å². The lowest BCUT2D eigenvalue weighted by Gasteiger charge is -2.21. The second kappa shape index (κ2) is 7.00. The van der Waals surface area contributed by atoms with Crippen LogP contribution in [0.5, 0.6) is 0 Å². The standard InChI is InChI=1S/C14H17FN2O3/c15-12-3-1-10(2-4-12)9-13(18)16-17-14(19)11-5-7-20-8-6-11/h1-4,11H,5-9H2,(H,16,18)(H,17,19). The zero-order valence-electron chi connectivity index (χ0n) is 11.0. The molecular formula is C14H17FN2O3. The summed E-state index contributed by atoms with van der Waals surface area (Å²) in [6, 6.07) is 5.66. The fourth-order valence-electron chi connectivity index (χ4n) is 2.02. The molecule has 1 aliphatic heterocycles. The van der Waals surface area contributed by atoms with Crippen LogP contribution in [0.15, 0.2) is 24.3 Å². The van der Waals surface area contributed by atoms with Gasteiger partial charge in [-0.15, -0.1) is 0 Å². The number of carbonyl (C=O) groups excluding carboxylic acids is 2. The summed E-state index contributed by atoms with van der Waals surface area (Å²) < 4.78 is 17.9. The molecule has 0 aromatic heterocycles. The van der Waals surface area contributed by atoms with Crippen molar-refractivity contribution in [2.24, 2.45) is 5.92 Å². The Hall–Kier alpha value is -1.95. The van der Waals surface area contributed by atoms with E-state index in [1.165, 1.54) is 24.3 Å². The number of nitrogens with one attached hydrogen (secondary N) is 2. The van der Waals surface area contributed by atoms with E-state index in [0.29, 0.717) is 31.6 Å². The molecule has 0 aliphatic carbocycles. The summed E-state index contributed by atoms with van der Waals surface area (Å²) in [5.74, 6) is -0.991. The van der Waals surface area contributed by atoms with Crippen molar-refractivity contribution in [2.45, 2.75) is 19.3 Å². The highest BCUT2D eigenvalue weighted by Crippen LogP contribution is 2.14. The number of hydrazine groups is 1. The molecule has 1 aromatic rings. The third-order valence-electron chi connectivity index (χ3n) is 3.20. The van der Waals surface area contributed by atoms with Gasteiger partial charge in [0.05, 0.1) is 6.42 Å². The molecule has 6 heteroatoms. The van der Waals surface area contributed by atoms with Gasteiger partial charge >= 0.3 is 0 Å². The molecular weight excluding hydrogens is 263 g/mol. The Bertz CT molecular complexity index is 470. The van der Waals surface area contributed by atoms with Crippen LogP contribution in [0.1, 0.15) is 18.4 Å². The van der Waals surface area contributed by atoms with Gasteiger partial charge in [-0.1, -0.05) is 12.1 Å². The molecule has 1 aromatic carbocycles. The summed E-state index contributed by atoms with van der Waals surface area (Å²) in [5, 5.41) is 0. The van der Waals surface area contributed by atoms with Crippen LogP contribution in [0.25, 0.3) is 0 Å². The van der Waals surface area contributed by atoms with Crippen molar-refractivity contribution in [3.05, 3.63) is 35.6 Å². The lowest BCUT2D eigenvalue weighted by Crippen LogP contribution is -2.46. The first kappa shape index (κ1) is 14.5. The minimum absolute atomic E-state index is 0.0916. The van der Waals surface area contributed by atoms with E-state index in [0.717, 1.165) is 0 Å².